The highest BCUT2D eigenvalue weighted by Crippen LogP contribution is 2.36. The Morgan fingerprint density at radius 2 is 1.16 bits per heavy atom. The van der Waals surface area contributed by atoms with Crippen molar-refractivity contribution < 1.29 is 9.47 Å². The van der Waals surface area contributed by atoms with E-state index in [1.807, 2.05) is 82.8 Å². The van der Waals surface area contributed by atoms with Crippen LogP contribution >= 0.6 is 0 Å². The first-order chi connectivity index (χ1) is 31.2. The lowest BCUT2D eigenvalue weighted by Crippen LogP contribution is -2.68. The Morgan fingerprint density at radius 1 is 0.625 bits per heavy atom. The van der Waals surface area contributed by atoms with E-state index in [4.69, 9.17) is 19.4 Å². The minimum Gasteiger partial charge on any atom is -0.383 e. The fourth-order valence-corrected chi connectivity index (χ4v) is 7.73. The molecule has 10 heterocycles. The van der Waals surface area contributed by atoms with E-state index >= 15 is 0 Å². The minimum absolute atomic E-state index is 0.205. The molecule has 0 amide bonds. The van der Waals surface area contributed by atoms with E-state index in [0.717, 1.165) is 94.7 Å². The summed E-state index contributed by atoms with van der Waals surface area (Å²) in [5.74, 6) is 3.53. The first kappa shape index (κ1) is 42.5. The number of nitrogens with zero attached hydrogens (tertiary/aromatic N) is 13. The number of methoxy groups -OCH3 is 1. The van der Waals surface area contributed by atoms with Gasteiger partial charge in [0.2, 0.25) is 0 Å². The van der Waals surface area contributed by atoms with E-state index in [1.165, 1.54) is 6.42 Å². The molecule has 17 nitrogen and oxygen atoms in total. The molecule has 0 aromatic carbocycles. The number of pyridine rings is 4. The van der Waals surface area contributed by atoms with Gasteiger partial charge in [0.05, 0.1) is 72.2 Å². The first-order valence-electron chi connectivity index (χ1n) is 21.8. The number of aryl methyl sites for hydroxylation is 1. The molecule has 8 aromatic heterocycles. The normalized spacial score (nSPS) is 14.4. The molecule has 0 aliphatic carbocycles. The molecule has 0 saturated carbocycles. The van der Waals surface area contributed by atoms with Crippen LogP contribution in [-0.4, -0.2) is 110 Å². The zero-order valence-corrected chi connectivity index (χ0v) is 36.9. The van der Waals surface area contributed by atoms with Crippen molar-refractivity contribution in [2.75, 3.05) is 50.6 Å². The molecule has 0 bridgehead atoms. The molecule has 17 heteroatoms. The molecule has 0 atom stereocenters. The Kier molecular flexibility index (Phi) is 12.5. The number of hydrogen-bond acceptors (Lipinski definition) is 15. The average molecular weight is 860 g/mol. The third-order valence-corrected chi connectivity index (χ3v) is 11.6. The SMILES string of the molecule is CC(C)c1cnnc(Nc2ccc3ncc(-c4cnn(CCCN5CC6(CCO6)C5)c4)cc3n2)c1.COCCn1cc(-c2cnc3ccc(Nc4cc(C(C)C)cnn4)nc3c2)cn1. The van der Waals surface area contributed by atoms with Crippen LogP contribution < -0.4 is 10.6 Å². The largest absolute Gasteiger partial charge is 0.383 e. The van der Waals surface area contributed by atoms with E-state index in [0.29, 0.717) is 48.3 Å². The predicted octanol–water partition coefficient (Wildman–Crippen LogP) is 7.81. The van der Waals surface area contributed by atoms with Crippen molar-refractivity contribution in [3.63, 3.8) is 0 Å². The molecular formula is C47H53N15O2. The molecule has 2 fully saturated rings. The van der Waals surface area contributed by atoms with Gasteiger partial charge in [0.15, 0.2) is 11.6 Å². The number of ether oxygens (including phenoxy) is 2. The average Bonchev–Trinajstić information content (AvgIpc) is 3.96. The summed E-state index contributed by atoms with van der Waals surface area (Å²) in [4.78, 5) is 21.1. The summed E-state index contributed by atoms with van der Waals surface area (Å²) in [7, 11) is 1.68. The number of aromatic nitrogens is 12. The molecule has 64 heavy (non-hydrogen) atoms. The van der Waals surface area contributed by atoms with Crippen LogP contribution in [0.5, 0.6) is 0 Å². The molecule has 8 aromatic rings. The Hall–Kier alpha value is -6.82. The van der Waals surface area contributed by atoms with Crippen LogP contribution in [0, 0.1) is 0 Å². The highest BCUT2D eigenvalue weighted by molar-refractivity contribution is 5.83. The van der Waals surface area contributed by atoms with Crippen LogP contribution in [0.15, 0.2) is 98.1 Å². The summed E-state index contributed by atoms with van der Waals surface area (Å²) in [6, 6.07) is 15.8. The van der Waals surface area contributed by atoms with Crippen molar-refractivity contribution in [2.24, 2.45) is 0 Å². The first-order valence-corrected chi connectivity index (χ1v) is 21.8. The standard InChI is InChI=1S/C26H30N8O.C21H23N7O/c1-18(2)19-11-25(32-28-13-19)31-24-5-4-22-23(30-24)10-20(12-27-22)21-14-29-34(15-21)8-3-7-33-16-26(17-33)6-9-35-26;1-14(2)15-9-21(27-23-11-15)26-20-5-4-18-19(25-20)8-16(10-22-18)17-12-24-28(13-17)6-7-29-3/h4-5,10-15,18H,3,6-9,16-17H2,1-2H3,(H,30,31,32);4-5,8-14H,6-7H2,1-3H3,(H,25,26,27). The second-order valence-electron chi connectivity index (χ2n) is 17.0. The van der Waals surface area contributed by atoms with Crippen LogP contribution in [0.2, 0.25) is 0 Å². The van der Waals surface area contributed by atoms with Crippen LogP contribution in [0.4, 0.5) is 23.3 Å². The van der Waals surface area contributed by atoms with Gasteiger partial charge in [-0.05, 0) is 77.9 Å². The molecule has 2 aliphatic heterocycles. The summed E-state index contributed by atoms with van der Waals surface area (Å²) in [6.07, 6.45) is 17.4. The lowest BCUT2D eigenvalue weighted by Gasteiger charge is -2.55. The summed E-state index contributed by atoms with van der Waals surface area (Å²) in [5.41, 5.74) is 9.74. The fraction of sp³-hybridized carbons (Fsp3) is 0.362. The predicted molar refractivity (Wildman–Crippen MR) is 247 cm³/mol. The van der Waals surface area contributed by atoms with Crippen LogP contribution in [0.1, 0.15) is 63.5 Å². The summed E-state index contributed by atoms with van der Waals surface area (Å²) in [6.45, 7) is 14.9. The minimum atomic E-state index is 0.205. The third kappa shape index (κ3) is 10.0. The Bertz CT molecular complexity index is 2850. The zero-order valence-electron chi connectivity index (χ0n) is 36.9. The number of likely N-dealkylation sites (tertiary alicyclic amines) is 1. The molecule has 2 N–H and O–H groups in total. The maximum atomic E-state index is 5.70. The third-order valence-electron chi connectivity index (χ3n) is 11.6. The van der Waals surface area contributed by atoms with E-state index in [-0.39, 0.29) is 5.60 Å². The Morgan fingerprint density at radius 3 is 1.64 bits per heavy atom. The molecule has 0 unspecified atom stereocenters. The van der Waals surface area contributed by atoms with Gasteiger partial charge in [0.25, 0.3) is 0 Å². The van der Waals surface area contributed by atoms with Gasteiger partial charge < -0.3 is 20.1 Å². The summed E-state index contributed by atoms with van der Waals surface area (Å²) < 4.78 is 14.7. The second kappa shape index (κ2) is 18.9. The summed E-state index contributed by atoms with van der Waals surface area (Å²) >= 11 is 0. The number of hydrogen-bond donors (Lipinski definition) is 2. The number of nitrogens with one attached hydrogen (secondary N) is 2. The van der Waals surface area contributed by atoms with Crippen molar-refractivity contribution in [3.8, 4) is 22.3 Å². The molecule has 10 rings (SSSR count). The topological polar surface area (TPSA) is 185 Å². The Balaban J connectivity index is 0.000000165. The van der Waals surface area contributed by atoms with Gasteiger partial charge >= 0.3 is 0 Å². The van der Waals surface area contributed by atoms with Gasteiger partial charge in [0.1, 0.15) is 11.6 Å². The fourth-order valence-electron chi connectivity index (χ4n) is 7.73. The number of rotatable bonds is 15. The highest BCUT2D eigenvalue weighted by Gasteiger charge is 2.48. The van der Waals surface area contributed by atoms with Crippen LogP contribution in [0.3, 0.4) is 0 Å². The van der Waals surface area contributed by atoms with Gasteiger partial charge in [-0.15, -0.1) is 10.2 Å². The van der Waals surface area contributed by atoms with Crippen molar-refractivity contribution in [3.05, 3.63) is 109 Å². The van der Waals surface area contributed by atoms with E-state index < -0.39 is 0 Å². The lowest BCUT2D eigenvalue weighted by atomic mass is 9.86. The molecule has 0 radical (unpaired) electrons. The van der Waals surface area contributed by atoms with Gasteiger partial charge in [-0.1, -0.05) is 27.7 Å². The van der Waals surface area contributed by atoms with Crippen molar-refractivity contribution in [2.45, 2.75) is 71.1 Å². The van der Waals surface area contributed by atoms with Gasteiger partial charge in [-0.3, -0.25) is 24.2 Å². The second-order valence-corrected chi connectivity index (χ2v) is 17.0. The number of fused-ring (bicyclic) bond motifs is 2. The zero-order chi connectivity index (χ0) is 44.0. The Labute approximate surface area is 371 Å². The van der Waals surface area contributed by atoms with Gasteiger partial charge in [-0.25, -0.2) is 9.97 Å². The molecular weight excluding hydrogens is 807 g/mol. The molecule has 1 spiro atoms. The van der Waals surface area contributed by atoms with E-state index in [1.54, 1.807) is 19.5 Å². The van der Waals surface area contributed by atoms with Crippen LogP contribution in [0.25, 0.3) is 44.3 Å². The van der Waals surface area contributed by atoms with Gasteiger partial charge in [0, 0.05) is 86.8 Å². The summed E-state index contributed by atoms with van der Waals surface area (Å²) in [5, 5.41) is 31.9. The number of anilines is 4. The van der Waals surface area contributed by atoms with Crippen molar-refractivity contribution >= 4 is 45.3 Å². The monoisotopic (exact) mass is 859 g/mol. The molecule has 2 saturated heterocycles. The van der Waals surface area contributed by atoms with Crippen molar-refractivity contribution in [1.82, 2.24) is 64.8 Å². The molecule has 2 aliphatic rings. The van der Waals surface area contributed by atoms with E-state index in [9.17, 15) is 0 Å². The quantitative estimate of drug-likeness (QED) is 0.102. The smallest absolute Gasteiger partial charge is 0.154 e. The molecule has 328 valence electrons. The maximum absolute atomic E-state index is 5.70. The van der Waals surface area contributed by atoms with Crippen molar-refractivity contribution in [1.29, 1.82) is 0 Å². The van der Waals surface area contributed by atoms with Crippen LogP contribution in [-0.2, 0) is 22.6 Å². The highest BCUT2D eigenvalue weighted by atomic mass is 16.5. The lowest BCUT2D eigenvalue weighted by molar-refractivity contribution is -0.221. The van der Waals surface area contributed by atoms with Gasteiger partial charge in [-0.2, -0.15) is 20.4 Å². The van der Waals surface area contributed by atoms with E-state index in [2.05, 4.69) is 96.1 Å². The maximum Gasteiger partial charge on any atom is 0.154 e.